The highest BCUT2D eigenvalue weighted by molar-refractivity contribution is 7.86. The molecule has 0 saturated carbocycles. The first-order chi connectivity index (χ1) is 9.02. The van der Waals surface area contributed by atoms with Crippen molar-refractivity contribution >= 4 is 10.1 Å². The molecule has 0 aromatic rings. The average molecular weight is 294 g/mol. The van der Waals surface area contributed by atoms with Crippen LogP contribution in [0.1, 0.15) is 77.6 Å². The Kier molecular flexibility index (Phi) is 11.6. The second kappa shape index (κ2) is 11.7. The zero-order valence-corrected chi connectivity index (χ0v) is 13.0. The molecule has 0 amide bonds. The highest BCUT2D eigenvalue weighted by atomic mass is 32.2. The third-order valence-electron chi connectivity index (χ3n) is 3.50. The van der Waals surface area contributed by atoms with Gasteiger partial charge < -0.3 is 5.11 Å². The minimum atomic E-state index is -4.08. The van der Waals surface area contributed by atoms with E-state index in [-0.39, 0.29) is 0 Å². The quantitative estimate of drug-likeness (QED) is 0.402. The van der Waals surface area contributed by atoms with Crippen LogP contribution in [0.3, 0.4) is 0 Å². The zero-order chi connectivity index (χ0) is 14.6. The third-order valence-corrected chi connectivity index (χ3v) is 4.73. The van der Waals surface area contributed by atoms with Crippen molar-refractivity contribution < 1.29 is 18.1 Å². The molecule has 116 valence electrons. The Morgan fingerprint density at radius 2 is 1.26 bits per heavy atom. The molecule has 0 aliphatic heterocycles. The lowest BCUT2D eigenvalue weighted by Gasteiger charge is -2.10. The van der Waals surface area contributed by atoms with Crippen LogP contribution in [0.4, 0.5) is 0 Å². The van der Waals surface area contributed by atoms with Crippen molar-refractivity contribution in [2.75, 3.05) is 6.61 Å². The van der Waals surface area contributed by atoms with Gasteiger partial charge in [0.25, 0.3) is 10.1 Å². The van der Waals surface area contributed by atoms with Crippen molar-refractivity contribution in [2.45, 2.75) is 82.8 Å². The second-order valence-corrected chi connectivity index (χ2v) is 6.99. The SMILES string of the molecule is CCCCCCCCCCCCC(CO)S(=O)(=O)O. The average Bonchev–Trinajstić information content (AvgIpc) is 2.34. The van der Waals surface area contributed by atoms with Gasteiger partial charge in [0.05, 0.1) is 6.61 Å². The van der Waals surface area contributed by atoms with Gasteiger partial charge in [-0.3, -0.25) is 4.55 Å². The first-order valence-electron chi connectivity index (χ1n) is 7.59. The molecule has 0 aromatic carbocycles. The summed E-state index contributed by atoms with van der Waals surface area (Å²) in [6, 6.07) is 0. The van der Waals surface area contributed by atoms with Crippen LogP contribution in [0.5, 0.6) is 0 Å². The molecule has 0 aliphatic rings. The molecule has 0 heterocycles. The molecule has 0 rings (SSSR count). The lowest BCUT2D eigenvalue weighted by molar-refractivity contribution is 0.276. The molecule has 4 nitrogen and oxygen atoms in total. The number of aliphatic hydroxyl groups is 1. The topological polar surface area (TPSA) is 74.6 Å². The Bertz CT molecular complexity index is 288. The molecule has 19 heavy (non-hydrogen) atoms. The lowest BCUT2D eigenvalue weighted by Crippen LogP contribution is -2.24. The minimum absolute atomic E-state index is 0.353. The summed E-state index contributed by atoms with van der Waals surface area (Å²) in [6.07, 6.45) is 12.2. The van der Waals surface area contributed by atoms with Crippen LogP contribution in [-0.2, 0) is 10.1 Å². The Hall–Kier alpha value is -0.130. The maximum atomic E-state index is 10.8. The normalized spacial score (nSPS) is 13.6. The van der Waals surface area contributed by atoms with E-state index in [0.29, 0.717) is 6.42 Å². The maximum absolute atomic E-state index is 10.8. The van der Waals surface area contributed by atoms with Crippen LogP contribution in [-0.4, -0.2) is 29.9 Å². The molecular formula is C14H30O4S. The fourth-order valence-electron chi connectivity index (χ4n) is 2.19. The highest BCUT2D eigenvalue weighted by Gasteiger charge is 2.20. The summed E-state index contributed by atoms with van der Waals surface area (Å²) in [5.41, 5.74) is 0. The first kappa shape index (κ1) is 18.9. The Labute approximate surface area is 118 Å². The monoisotopic (exact) mass is 294 g/mol. The number of unbranched alkanes of at least 4 members (excludes halogenated alkanes) is 9. The molecule has 5 heteroatoms. The maximum Gasteiger partial charge on any atom is 0.270 e. The fourth-order valence-corrected chi connectivity index (χ4v) is 2.85. The van der Waals surface area contributed by atoms with Crippen LogP contribution in [0, 0.1) is 0 Å². The van der Waals surface area contributed by atoms with Gasteiger partial charge in [-0.15, -0.1) is 0 Å². The zero-order valence-electron chi connectivity index (χ0n) is 12.2. The summed E-state index contributed by atoms with van der Waals surface area (Å²) >= 11 is 0. The molecule has 2 N–H and O–H groups in total. The van der Waals surface area contributed by atoms with Gasteiger partial charge >= 0.3 is 0 Å². The summed E-state index contributed by atoms with van der Waals surface area (Å²) in [5.74, 6) is 0. The smallest absolute Gasteiger partial charge is 0.270 e. The molecule has 0 bridgehead atoms. The number of aliphatic hydroxyl groups excluding tert-OH is 1. The van der Waals surface area contributed by atoms with E-state index in [2.05, 4.69) is 6.92 Å². The molecule has 1 unspecified atom stereocenters. The molecule has 0 spiro atoms. The first-order valence-corrected chi connectivity index (χ1v) is 9.09. The Balaban J connectivity index is 3.35. The molecule has 0 aromatic heterocycles. The molecule has 0 saturated heterocycles. The highest BCUT2D eigenvalue weighted by Crippen LogP contribution is 2.14. The summed E-state index contributed by atoms with van der Waals surface area (Å²) < 4.78 is 30.5. The van der Waals surface area contributed by atoms with Crippen molar-refractivity contribution in [3.05, 3.63) is 0 Å². The largest absolute Gasteiger partial charge is 0.395 e. The van der Waals surface area contributed by atoms with Crippen LogP contribution in [0.2, 0.25) is 0 Å². The van der Waals surface area contributed by atoms with Gasteiger partial charge in [0, 0.05) is 0 Å². The van der Waals surface area contributed by atoms with Gasteiger partial charge in [0.2, 0.25) is 0 Å². The van der Waals surface area contributed by atoms with Crippen LogP contribution < -0.4 is 0 Å². The van der Waals surface area contributed by atoms with Gasteiger partial charge in [-0.25, -0.2) is 0 Å². The van der Waals surface area contributed by atoms with Crippen molar-refractivity contribution in [1.82, 2.24) is 0 Å². The molecule has 1 atom stereocenters. The number of hydrogen-bond donors (Lipinski definition) is 2. The minimum Gasteiger partial charge on any atom is -0.395 e. The summed E-state index contributed by atoms with van der Waals surface area (Å²) in [6.45, 7) is 1.72. The van der Waals surface area contributed by atoms with E-state index in [9.17, 15) is 8.42 Å². The van der Waals surface area contributed by atoms with E-state index in [1.54, 1.807) is 0 Å². The summed E-state index contributed by atoms with van der Waals surface area (Å²) in [4.78, 5) is 0. The van der Waals surface area contributed by atoms with E-state index in [1.165, 1.54) is 44.9 Å². The third kappa shape index (κ3) is 11.4. The van der Waals surface area contributed by atoms with E-state index in [1.807, 2.05) is 0 Å². The molecule has 0 aliphatic carbocycles. The van der Waals surface area contributed by atoms with Crippen LogP contribution in [0.25, 0.3) is 0 Å². The summed E-state index contributed by atoms with van der Waals surface area (Å²) in [7, 11) is -4.08. The molecular weight excluding hydrogens is 264 g/mol. The predicted molar refractivity (Wildman–Crippen MR) is 78.9 cm³/mol. The molecule has 0 radical (unpaired) electrons. The van der Waals surface area contributed by atoms with Gasteiger partial charge in [-0.05, 0) is 6.42 Å². The van der Waals surface area contributed by atoms with Gasteiger partial charge in [0.1, 0.15) is 5.25 Å². The van der Waals surface area contributed by atoms with E-state index in [4.69, 9.17) is 9.66 Å². The van der Waals surface area contributed by atoms with Crippen molar-refractivity contribution in [2.24, 2.45) is 0 Å². The van der Waals surface area contributed by atoms with E-state index < -0.39 is 22.0 Å². The lowest BCUT2D eigenvalue weighted by atomic mass is 10.1. The van der Waals surface area contributed by atoms with E-state index >= 15 is 0 Å². The van der Waals surface area contributed by atoms with Gasteiger partial charge in [-0.1, -0.05) is 71.1 Å². The standard InChI is InChI=1S/C14H30O4S/c1-2-3-4-5-6-7-8-9-10-11-12-14(13-15)19(16,17)18/h14-15H,2-13H2,1H3,(H,16,17,18). The van der Waals surface area contributed by atoms with E-state index in [0.717, 1.165) is 19.3 Å². The molecule has 0 fully saturated rings. The Morgan fingerprint density at radius 1 is 0.842 bits per heavy atom. The number of rotatable bonds is 13. The summed E-state index contributed by atoms with van der Waals surface area (Å²) in [5, 5.41) is 7.87. The second-order valence-electron chi connectivity index (χ2n) is 5.29. The van der Waals surface area contributed by atoms with Crippen molar-refractivity contribution in [3.8, 4) is 0 Å². The van der Waals surface area contributed by atoms with Gasteiger partial charge in [-0.2, -0.15) is 8.42 Å². The number of hydrogen-bond acceptors (Lipinski definition) is 3. The van der Waals surface area contributed by atoms with Crippen LogP contribution >= 0.6 is 0 Å². The Morgan fingerprint density at radius 3 is 1.63 bits per heavy atom. The predicted octanol–water partition coefficient (Wildman–Crippen LogP) is 3.55. The van der Waals surface area contributed by atoms with Crippen LogP contribution in [0.15, 0.2) is 0 Å². The fraction of sp³-hybridized carbons (Fsp3) is 1.00. The van der Waals surface area contributed by atoms with Crippen molar-refractivity contribution in [1.29, 1.82) is 0 Å². The van der Waals surface area contributed by atoms with Crippen molar-refractivity contribution in [3.63, 3.8) is 0 Å². The van der Waals surface area contributed by atoms with Gasteiger partial charge in [0.15, 0.2) is 0 Å².